The Bertz CT molecular complexity index is 822. The monoisotopic (exact) mass is 407 g/mol. The van der Waals surface area contributed by atoms with Crippen molar-refractivity contribution in [3.63, 3.8) is 0 Å². The maximum Gasteiger partial charge on any atom is 0.416 e. The number of hydrogen-bond acceptors (Lipinski definition) is 3. The summed E-state index contributed by atoms with van der Waals surface area (Å²) in [5, 5.41) is 6.12. The fourth-order valence-corrected chi connectivity index (χ4v) is 3.11. The third-order valence-corrected chi connectivity index (χ3v) is 4.62. The van der Waals surface area contributed by atoms with Crippen molar-refractivity contribution in [3.05, 3.63) is 58.7 Å². The SMILES string of the molecule is Cc1cc(NCc2ccc(C(F)(F)F)cc2)cc(C)c1NC(=O)[C@H](N)CC(C)C. The highest BCUT2D eigenvalue weighted by atomic mass is 19.4. The lowest BCUT2D eigenvalue weighted by atomic mass is 10.0. The fraction of sp³-hybridized carbons (Fsp3) is 0.409. The van der Waals surface area contributed by atoms with E-state index in [9.17, 15) is 18.0 Å². The van der Waals surface area contributed by atoms with Crippen LogP contribution in [0.15, 0.2) is 36.4 Å². The number of aryl methyl sites for hydroxylation is 2. The van der Waals surface area contributed by atoms with Crippen molar-refractivity contribution in [2.75, 3.05) is 10.6 Å². The minimum atomic E-state index is -4.34. The van der Waals surface area contributed by atoms with Crippen LogP contribution in [0.25, 0.3) is 0 Å². The standard InChI is InChI=1S/C22H28F3N3O/c1-13(2)9-19(26)21(29)28-20-14(3)10-18(11-15(20)4)27-12-16-5-7-17(8-6-16)22(23,24)25/h5-8,10-11,13,19,27H,9,12,26H2,1-4H3,(H,28,29)/t19-/m1/s1. The van der Waals surface area contributed by atoms with E-state index in [1.54, 1.807) is 0 Å². The van der Waals surface area contributed by atoms with E-state index in [1.165, 1.54) is 12.1 Å². The van der Waals surface area contributed by atoms with Gasteiger partial charge in [-0.05, 0) is 67.1 Å². The number of benzene rings is 2. The van der Waals surface area contributed by atoms with Gasteiger partial charge < -0.3 is 16.4 Å². The Labute approximate surface area is 169 Å². The van der Waals surface area contributed by atoms with Crippen molar-refractivity contribution in [2.45, 2.75) is 52.9 Å². The minimum Gasteiger partial charge on any atom is -0.381 e. The second kappa shape index (κ2) is 9.31. The molecule has 0 aromatic heterocycles. The normalized spacial score (nSPS) is 12.7. The summed E-state index contributed by atoms with van der Waals surface area (Å²) in [7, 11) is 0. The van der Waals surface area contributed by atoms with E-state index in [0.717, 1.165) is 40.2 Å². The van der Waals surface area contributed by atoms with Crippen LogP contribution >= 0.6 is 0 Å². The summed E-state index contributed by atoms with van der Waals surface area (Å²) in [4.78, 5) is 12.3. The summed E-state index contributed by atoms with van der Waals surface area (Å²) in [6.07, 6.45) is -3.73. The molecule has 4 N–H and O–H groups in total. The third-order valence-electron chi connectivity index (χ3n) is 4.62. The Morgan fingerprint density at radius 1 is 1.07 bits per heavy atom. The Kier molecular flexibility index (Phi) is 7.30. The smallest absolute Gasteiger partial charge is 0.381 e. The molecule has 0 heterocycles. The van der Waals surface area contributed by atoms with E-state index in [4.69, 9.17) is 5.73 Å². The second-order valence-corrected chi connectivity index (χ2v) is 7.76. The van der Waals surface area contributed by atoms with Crippen molar-refractivity contribution >= 4 is 17.3 Å². The number of carbonyl (C=O) groups excluding carboxylic acids is 1. The number of alkyl halides is 3. The molecule has 29 heavy (non-hydrogen) atoms. The second-order valence-electron chi connectivity index (χ2n) is 7.76. The molecule has 7 heteroatoms. The van der Waals surface area contributed by atoms with E-state index >= 15 is 0 Å². The lowest BCUT2D eigenvalue weighted by Crippen LogP contribution is -2.37. The zero-order valence-corrected chi connectivity index (χ0v) is 17.2. The van der Waals surface area contributed by atoms with Crippen LogP contribution in [0.1, 0.15) is 42.5 Å². The van der Waals surface area contributed by atoms with E-state index in [-0.39, 0.29) is 5.91 Å². The number of amides is 1. The van der Waals surface area contributed by atoms with Gasteiger partial charge in [0.25, 0.3) is 0 Å². The first-order valence-corrected chi connectivity index (χ1v) is 9.55. The topological polar surface area (TPSA) is 67.1 Å². The molecule has 4 nitrogen and oxygen atoms in total. The van der Waals surface area contributed by atoms with Gasteiger partial charge in [0, 0.05) is 17.9 Å². The Balaban J connectivity index is 2.04. The average Bonchev–Trinajstić information content (AvgIpc) is 2.61. The van der Waals surface area contributed by atoms with Gasteiger partial charge >= 0.3 is 6.18 Å². The van der Waals surface area contributed by atoms with Crippen molar-refractivity contribution in [1.82, 2.24) is 0 Å². The molecule has 1 amide bonds. The van der Waals surface area contributed by atoms with Gasteiger partial charge in [-0.15, -0.1) is 0 Å². The minimum absolute atomic E-state index is 0.213. The van der Waals surface area contributed by atoms with Gasteiger partial charge in [0.05, 0.1) is 11.6 Å². The molecule has 0 saturated heterocycles. The number of anilines is 2. The summed E-state index contributed by atoms with van der Waals surface area (Å²) in [5.74, 6) is 0.116. The molecule has 0 aliphatic rings. The summed E-state index contributed by atoms with van der Waals surface area (Å²) in [6, 6.07) is 8.28. The number of rotatable bonds is 7. The lowest BCUT2D eigenvalue weighted by Gasteiger charge is -2.18. The molecular formula is C22H28F3N3O. The fourth-order valence-electron chi connectivity index (χ4n) is 3.11. The predicted octanol–water partition coefficient (Wildman–Crippen LogP) is 5.25. The molecule has 0 radical (unpaired) electrons. The van der Waals surface area contributed by atoms with Crippen LogP contribution in [0.5, 0.6) is 0 Å². The van der Waals surface area contributed by atoms with Gasteiger partial charge in [-0.1, -0.05) is 26.0 Å². The third kappa shape index (κ3) is 6.49. The number of hydrogen-bond donors (Lipinski definition) is 3. The van der Waals surface area contributed by atoms with E-state index in [1.807, 2.05) is 39.8 Å². The van der Waals surface area contributed by atoms with Gasteiger partial charge in [0.15, 0.2) is 0 Å². The lowest BCUT2D eigenvalue weighted by molar-refractivity contribution is -0.137. The van der Waals surface area contributed by atoms with Gasteiger partial charge in [0.2, 0.25) is 5.91 Å². The predicted molar refractivity (Wildman–Crippen MR) is 111 cm³/mol. The molecule has 0 aliphatic carbocycles. The molecule has 158 valence electrons. The van der Waals surface area contributed by atoms with E-state index in [2.05, 4.69) is 10.6 Å². The highest BCUT2D eigenvalue weighted by molar-refractivity contribution is 5.96. The van der Waals surface area contributed by atoms with Crippen LogP contribution < -0.4 is 16.4 Å². The maximum atomic E-state index is 12.6. The molecule has 1 atom stereocenters. The van der Waals surface area contributed by atoms with Gasteiger partial charge in [0.1, 0.15) is 0 Å². The van der Waals surface area contributed by atoms with Crippen LogP contribution in [0.3, 0.4) is 0 Å². The highest BCUT2D eigenvalue weighted by Gasteiger charge is 2.29. The van der Waals surface area contributed by atoms with Crippen LogP contribution in [-0.4, -0.2) is 11.9 Å². The Hall–Kier alpha value is -2.54. The Morgan fingerprint density at radius 2 is 1.62 bits per heavy atom. The summed E-state index contributed by atoms with van der Waals surface area (Å²) in [6.45, 7) is 8.20. The molecule has 0 saturated carbocycles. The van der Waals surface area contributed by atoms with Crippen molar-refractivity contribution in [2.24, 2.45) is 11.7 Å². The molecular weight excluding hydrogens is 379 g/mol. The van der Waals surface area contributed by atoms with Crippen LogP contribution in [0.4, 0.5) is 24.5 Å². The number of nitrogens with one attached hydrogen (secondary N) is 2. The molecule has 0 spiro atoms. The zero-order valence-electron chi connectivity index (χ0n) is 17.2. The van der Waals surface area contributed by atoms with Crippen LogP contribution in [0, 0.1) is 19.8 Å². The zero-order chi connectivity index (χ0) is 21.8. The van der Waals surface area contributed by atoms with Gasteiger partial charge in [-0.2, -0.15) is 13.2 Å². The number of carbonyl (C=O) groups is 1. The molecule has 0 bridgehead atoms. The van der Waals surface area contributed by atoms with Crippen molar-refractivity contribution in [1.29, 1.82) is 0 Å². The first-order chi connectivity index (χ1) is 13.5. The molecule has 2 aromatic rings. The van der Waals surface area contributed by atoms with Crippen LogP contribution in [-0.2, 0) is 17.5 Å². The van der Waals surface area contributed by atoms with E-state index < -0.39 is 17.8 Å². The van der Waals surface area contributed by atoms with Crippen LogP contribution in [0.2, 0.25) is 0 Å². The first-order valence-electron chi connectivity index (χ1n) is 9.55. The van der Waals surface area contributed by atoms with E-state index in [0.29, 0.717) is 18.9 Å². The molecule has 2 aromatic carbocycles. The number of nitrogens with two attached hydrogens (primary N) is 1. The number of halogens is 3. The van der Waals surface area contributed by atoms with Gasteiger partial charge in [-0.3, -0.25) is 4.79 Å². The Morgan fingerprint density at radius 3 is 2.10 bits per heavy atom. The van der Waals surface area contributed by atoms with Crippen molar-refractivity contribution < 1.29 is 18.0 Å². The summed E-state index contributed by atoms with van der Waals surface area (Å²) >= 11 is 0. The average molecular weight is 407 g/mol. The summed E-state index contributed by atoms with van der Waals surface area (Å²) < 4.78 is 37.9. The molecule has 2 rings (SSSR count). The van der Waals surface area contributed by atoms with Crippen molar-refractivity contribution in [3.8, 4) is 0 Å². The quantitative estimate of drug-likeness (QED) is 0.588. The molecule has 0 fully saturated rings. The highest BCUT2D eigenvalue weighted by Crippen LogP contribution is 2.29. The molecule has 0 unspecified atom stereocenters. The van der Waals surface area contributed by atoms with Gasteiger partial charge in [-0.25, -0.2) is 0 Å². The largest absolute Gasteiger partial charge is 0.416 e. The summed E-state index contributed by atoms with van der Waals surface area (Å²) in [5.41, 5.74) is 9.34. The maximum absolute atomic E-state index is 12.6. The first kappa shape index (κ1) is 22.7. The molecule has 0 aliphatic heterocycles.